The summed E-state index contributed by atoms with van der Waals surface area (Å²) in [6, 6.07) is 8.30. The Balaban J connectivity index is 1.62. The third-order valence-corrected chi connectivity index (χ3v) is 4.60. The van der Waals surface area contributed by atoms with Crippen molar-refractivity contribution >= 4 is 11.7 Å². The molecule has 1 aliphatic carbocycles. The second-order valence-electron chi connectivity index (χ2n) is 6.31. The molecule has 1 fully saturated rings. The Bertz CT molecular complexity index is 672. The van der Waals surface area contributed by atoms with Crippen molar-refractivity contribution in [3.8, 4) is 11.5 Å². The molecule has 6 heteroatoms. The summed E-state index contributed by atoms with van der Waals surface area (Å²) in [6.45, 7) is 4.43. The van der Waals surface area contributed by atoms with Gasteiger partial charge in [0.05, 0.1) is 12.5 Å². The van der Waals surface area contributed by atoms with Crippen LogP contribution in [0.5, 0.6) is 0 Å². The average Bonchev–Trinajstić information content (AvgIpc) is 3.10. The Kier molecular flexibility index (Phi) is 5.13. The molecule has 6 nitrogen and oxygen atoms in total. The zero-order valence-corrected chi connectivity index (χ0v) is 14.1. The van der Waals surface area contributed by atoms with Gasteiger partial charge in [0.25, 0.3) is 0 Å². The number of esters is 1. The van der Waals surface area contributed by atoms with Gasteiger partial charge in [-0.2, -0.15) is 0 Å². The van der Waals surface area contributed by atoms with Crippen molar-refractivity contribution in [2.24, 2.45) is 11.8 Å². The van der Waals surface area contributed by atoms with Crippen molar-refractivity contribution in [1.29, 1.82) is 0 Å². The van der Waals surface area contributed by atoms with E-state index in [2.05, 4.69) is 22.4 Å². The van der Waals surface area contributed by atoms with Crippen molar-refractivity contribution in [2.75, 3.05) is 11.9 Å². The van der Waals surface area contributed by atoms with Gasteiger partial charge in [-0.1, -0.05) is 13.0 Å². The summed E-state index contributed by atoms with van der Waals surface area (Å²) >= 11 is 0. The average molecular weight is 329 g/mol. The number of rotatable bonds is 5. The van der Waals surface area contributed by atoms with Crippen LogP contribution in [0.15, 0.2) is 35.1 Å². The number of nitrogens with one attached hydrogen (secondary N) is 1. The highest BCUT2D eigenvalue weighted by Crippen LogP contribution is 2.33. The molecule has 0 aliphatic heterocycles. The zero-order chi connectivity index (χ0) is 16.9. The molecule has 128 valence electrons. The topological polar surface area (TPSA) is 77.2 Å². The molecule has 1 aromatic heterocycles. The molecule has 1 aromatic carbocycles. The molecular formula is C18H23N3O3. The summed E-state index contributed by atoms with van der Waals surface area (Å²) in [5, 5.41) is 11.2. The maximum Gasteiger partial charge on any atom is 0.309 e. The highest BCUT2D eigenvalue weighted by atomic mass is 16.5. The van der Waals surface area contributed by atoms with Gasteiger partial charge < -0.3 is 14.5 Å². The number of hydrogen-bond acceptors (Lipinski definition) is 6. The summed E-state index contributed by atoms with van der Waals surface area (Å²) < 4.78 is 10.4. The van der Waals surface area contributed by atoms with Crippen LogP contribution in [0.25, 0.3) is 11.5 Å². The minimum Gasteiger partial charge on any atom is -0.466 e. The maximum absolute atomic E-state index is 12.0. The Labute approximate surface area is 141 Å². The van der Waals surface area contributed by atoms with Crippen LogP contribution in [0.3, 0.4) is 0 Å². The van der Waals surface area contributed by atoms with Gasteiger partial charge in [-0.25, -0.2) is 0 Å². The predicted octanol–water partition coefficient (Wildman–Crippen LogP) is 3.52. The number of anilines is 1. The fourth-order valence-corrected chi connectivity index (χ4v) is 3.40. The quantitative estimate of drug-likeness (QED) is 0.846. The molecule has 24 heavy (non-hydrogen) atoms. The van der Waals surface area contributed by atoms with Crippen LogP contribution in [-0.2, 0) is 9.53 Å². The van der Waals surface area contributed by atoms with Crippen LogP contribution in [0.1, 0.15) is 33.1 Å². The molecule has 0 saturated heterocycles. The van der Waals surface area contributed by atoms with E-state index in [1.54, 1.807) is 0 Å². The number of hydrogen-bond donors (Lipinski definition) is 1. The standard InChI is InChI=1S/C18H23N3O3/c1-3-23-18(22)16-8-7-15(9-12(16)2)20-14-6-4-5-13(10-14)17-21-19-11-24-17/h4-6,10-12,15-16,20H,3,7-9H2,1-2H3/t12-,15-,16+/m0/s1. The van der Waals surface area contributed by atoms with Gasteiger partial charge in [0.2, 0.25) is 12.3 Å². The van der Waals surface area contributed by atoms with Crippen molar-refractivity contribution in [2.45, 2.75) is 39.2 Å². The lowest BCUT2D eigenvalue weighted by atomic mass is 9.78. The molecule has 1 heterocycles. The van der Waals surface area contributed by atoms with Gasteiger partial charge in [0.1, 0.15) is 0 Å². The lowest BCUT2D eigenvalue weighted by Gasteiger charge is -2.33. The molecule has 0 unspecified atom stereocenters. The second kappa shape index (κ2) is 7.47. The molecule has 0 amide bonds. The highest BCUT2D eigenvalue weighted by Gasteiger charge is 2.33. The van der Waals surface area contributed by atoms with Gasteiger partial charge in [0, 0.05) is 17.3 Å². The summed E-state index contributed by atoms with van der Waals surface area (Å²) in [5.41, 5.74) is 1.92. The molecule has 0 radical (unpaired) electrons. The van der Waals surface area contributed by atoms with E-state index in [0.29, 0.717) is 24.5 Å². The van der Waals surface area contributed by atoms with E-state index in [0.717, 1.165) is 30.5 Å². The van der Waals surface area contributed by atoms with Crippen LogP contribution in [0.4, 0.5) is 5.69 Å². The first-order valence-corrected chi connectivity index (χ1v) is 8.47. The molecule has 1 saturated carbocycles. The predicted molar refractivity (Wildman–Crippen MR) is 90.3 cm³/mol. The lowest BCUT2D eigenvalue weighted by Crippen LogP contribution is -2.35. The van der Waals surface area contributed by atoms with Crippen LogP contribution < -0.4 is 5.32 Å². The minimum atomic E-state index is -0.0539. The molecule has 3 atom stereocenters. The van der Waals surface area contributed by atoms with E-state index in [-0.39, 0.29) is 11.9 Å². The van der Waals surface area contributed by atoms with E-state index in [4.69, 9.17) is 9.15 Å². The molecule has 3 rings (SSSR count). The number of aromatic nitrogens is 2. The van der Waals surface area contributed by atoms with E-state index in [1.807, 2.05) is 31.2 Å². The number of nitrogens with zero attached hydrogens (tertiary/aromatic N) is 2. The monoisotopic (exact) mass is 329 g/mol. The first-order valence-electron chi connectivity index (χ1n) is 8.47. The van der Waals surface area contributed by atoms with E-state index in [1.165, 1.54) is 6.39 Å². The fraction of sp³-hybridized carbons (Fsp3) is 0.500. The van der Waals surface area contributed by atoms with Crippen LogP contribution in [-0.4, -0.2) is 28.8 Å². The van der Waals surface area contributed by atoms with Gasteiger partial charge in [-0.3, -0.25) is 4.79 Å². The minimum absolute atomic E-state index is 0.0210. The Hall–Kier alpha value is -2.37. The normalized spacial score (nSPS) is 23.7. The number of carbonyl (C=O) groups excluding carboxylic acids is 1. The highest BCUT2D eigenvalue weighted by molar-refractivity contribution is 5.73. The fourth-order valence-electron chi connectivity index (χ4n) is 3.40. The molecule has 1 aliphatic rings. The van der Waals surface area contributed by atoms with Crippen molar-refractivity contribution in [1.82, 2.24) is 10.2 Å². The molecular weight excluding hydrogens is 306 g/mol. The van der Waals surface area contributed by atoms with Crippen molar-refractivity contribution < 1.29 is 13.9 Å². The molecule has 2 aromatic rings. The zero-order valence-electron chi connectivity index (χ0n) is 14.1. The summed E-state index contributed by atoms with van der Waals surface area (Å²) in [6.07, 6.45) is 4.10. The van der Waals surface area contributed by atoms with Crippen LogP contribution in [0, 0.1) is 11.8 Å². The molecule has 1 N–H and O–H groups in total. The summed E-state index contributed by atoms with van der Waals surface area (Å²) in [7, 11) is 0. The smallest absolute Gasteiger partial charge is 0.309 e. The van der Waals surface area contributed by atoms with Crippen LogP contribution >= 0.6 is 0 Å². The third kappa shape index (κ3) is 3.75. The van der Waals surface area contributed by atoms with E-state index < -0.39 is 0 Å². The second-order valence-corrected chi connectivity index (χ2v) is 6.31. The number of ether oxygens (including phenoxy) is 1. The van der Waals surface area contributed by atoms with Gasteiger partial charge in [0.15, 0.2) is 0 Å². The van der Waals surface area contributed by atoms with E-state index in [9.17, 15) is 4.79 Å². The van der Waals surface area contributed by atoms with Gasteiger partial charge in [-0.05, 0) is 50.3 Å². The Morgan fingerprint density at radius 3 is 3.00 bits per heavy atom. The van der Waals surface area contributed by atoms with E-state index >= 15 is 0 Å². The maximum atomic E-state index is 12.0. The van der Waals surface area contributed by atoms with Crippen molar-refractivity contribution in [3.05, 3.63) is 30.7 Å². The summed E-state index contributed by atoms with van der Waals surface area (Å²) in [4.78, 5) is 12.0. The van der Waals surface area contributed by atoms with Crippen molar-refractivity contribution in [3.63, 3.8) is 0 Å². The van der Waals surface area contributed by atoms with Crippen LogP contribution in [0.2, 0.25) is 0 Å². The molecule has 0 bridgehead atoms. The SMILES string of the molecule is CCOC(=O)[C@@H]1CC[C@H](Nc2cccc(-c3nnco3)c2)C[C@@H]1C. The first kappa shape index (κ1) is 16.5. The Morgan fingerprint density at radius 2 is 2.29 bits per heavy atom. The third-order valence-electron chi connectivity index (χ3n) is 4.60. The summed E-state index contributed by atoms with van der Waals surface area (Å²) in [5.74, 6) is 0.794. The lowest BCUT2D eigenvalue weighted by molar-refractivity contribution is -0.151. The first-order chi connectivity index (χ1) is 11.7. The number of benzene rings is 1. The largest absolute Gasteiger partial charge is 0.466 e. The molecule has 0 spiro atoms. The van der Waals surface area contributed by atoms with Gasteiger partial charge >= 0.3 is 5.97 Å². The Morgan fingerprint density at radius 1 is 1.42 bits per heavy atom. The number of carbonyl (C=O) groups is 1. The van der Waals surface area contributed by atoms with Gasteiger partial charge in [-0.15, -0.1) is 10.2 Å².